The lowest BCUT2D eigenvalue weighted by molar-refractivity contribution is 0.0707. The summed E-state index contributed by atoms with van der Waals surface area (Å²) < 4.78 is 27.0. The van der Waals surface area contributed by atoms with E-state index in [1.807, 2.05) is 0 Å². The molecule has 0 saturated carbocycles. The fourth-order valence-corrected chi connectivity index (χ4v) is 2.47. The lowest BCUT2D eigenvalue weighted by atomic mass is 9.95. The molecule has 15 heavy (non-hydrogen) atoms. The third-order valence-electron chi connectivity index (χ3n) is 2.75. The van der Waals surface area contributed by atoms with E-state index >= 15 is 0 Å². The molecule has 0 bridgehead atoms. The molecule has 1 unspecified atom stereocenters. The van der Waals surface area contributed by atoms with Gasteiger partial charge in [-0.1, -0.05) is 20.8 Å². The fourth-order valence-electron chi connectivity index (χ4n) is 1.21. The van der Waals surface area contributed by atoms with E-state index in [-0.39, 0.29) is 0 Å². The second kappa shape index (κ2) is 6.00. The third kappa shape index (κ3) is 4.64. The van der Waals surface area contributed by atoms with Crippen LogP contribution < -0.4 is 0 Å². The van der Waals surface area contributed by atoms with E-state index in [1.165, 1.54) is 0 Å². The van der Waals surface area contributed by atoms with Crippen LogP contribution in [-0.2, 0) is 18.1 Å². The van der Waals surface area contributed by atoms with Gasteiger partial charge in [0.1, 0.15) is 0 Å². The van der Waals surface area contributed by atoms with Crippen molar-refractivity contribution in [3.63, 3.8) is 0 Å². The highest BCUT2D eigenvalue weighted by Crippen LogP contribution is 2.51. The van der Waals surface area contributed by atoms with Crippen LogP contribution in [0.5, 0.6) is 0 Å². The molecule has 1 aliphatic rings. The minimum Gasteiger partial charge on any atom is -0.287 e. The van der Waals surface area contributed by atoms with Gasteiger partial charge >= 0.3 is 7.82 Å². The molecule has 1 rings (SSSR count). The van der Waals surface area contributed by atoms with Crippen LogP contribution in [0.15, 0.2) is 0 Å². The Balaban J connectivity index is 2.21. The van der Waals surface area contributed by atoms with Crippen molar-refractivity contribution in [3.8, 4) is 0 Å². The Morgan fingerprint density at radius 1 is 1.27 bits per heavy atom. The van der Waals surface area contributed by atoms with E-state index in [4.69, 9.17) is 13.6 Å². The van der Waals surface area contributed by atoms with Gasteiger partial charge in [-0.05, 0) is 24.7 Å². The highest BCUT2D eigenvalue weighted by atomic mass is 31.2. The third-order valence-corrected chi connectivity index (χ3v) is 4.24. The second-order valence-corrected chi connectivity index (χ2v) is 5.98. The van der Waals surface area contributed by atoms with Gasteiger partial charge in [-0.3, -0.25) is 13.6 Å². The molecule has 0 amide bonds. The lowest BCUT2D eigenvalue weighted by Crippen LogP contribution is -2.12. The summed E-state index contributed by atoms with van der Waals surface area (Å²) in [6, 6.07) is 0. The lowest BCUT2D eigenvalue weighted by Gasteiger charge is -2.23. The quantitative estimate of drug-likeness (QED) is 0.687. The van der Waals surface area contributed by atoms with Crippen molar-refractivity contribution in [2.24, 2.45) is 11.8 Å². The Labute approximate surface area is 91.9 Å². The van der Waals surface area contributed by atoms with E-state index in [0.717, 1.165) is 12.8 Å². The molecule has 0 N–H and O–H groups in total. The number of hydrogen-bond acceptors (Lipinski definition) is 4. The summed E-state index contributed by atoms with van der Waals surface area (Å²) >= 11 is 0. The van der Waals surface area contributed by atoms with E-state index in [9.17, 15) is 4.57 Å². The van der Waals surface area contributed by atoms with Crippen molar-refractivity contribution in [1.29, 1.82) is 0 Å². The number of phosphoric acid groups is 1. The van der Waals surface area contributed by atoms with Crippen molar-refractivity contribution >= 4 is 7.82 Å². The Morgan fingerprint density at radius 3 is 2.40 bits per heavy atom. The largest absolute Gasteiger partial charge is 0.474 e. The van der Waals surface area contributed by atoms with Crippen LogP contribution in [0.2, 0.25) is 0 Å². The SMILES string of the molecule is CC(C)C(C)CCOP1(=O)OCCCO1. The average molecular weight is 236 g/mol. The van der Waals surface area contributed by atoms with Gasteiger partial charge in [-0.15, -0.1) is 0 Å². The predicted octanol–water partition coefficient (Wildman–Crippen LogP) is 3.23. The van der Waals surface area contributed by atoms with Crippen LogP contribution in [0.1, 0.15) is 33.6 Å². The van der Waals surface area contributed by atoms with Gasteiger partial charge in [0.2, 0.25) is 0 Å². The molecular weight excluding hydrogens is 215 g/mol. The van der Waals surface area contributed by atoms with Crippen LogP contribution in [0.25, 0.3) is 0 Å². The highest BCUT2D eigenvalue weighted by Gasteiger charge is 2.29. The summed E-state index contributed by atoms with van der Waals surface area (Å²) in [5.74, 6) is 1.17. The summed E-state index contributed by atoms with van der Waals surface area (Å²) in [4.78, 5) is 0. The Bertz CT molecular complexity index is 219. The van der Waals surface area contributed by atoms with Crippen LogP contribution in [-0.4, -0.2) is 19.8 Å². The van der Waals surface area contributed by atoms with Gasteiger partial charge in [-0.2, -0.15) is 0 Å². The van der Waals surface area contributed by atoms with Crippen molar-refractivity contribution in [3.05, 3.63) is 0 Å². The molecule has 0 aromatic carbocycles. The first-order valence-corrected chi connectivity index (χ1v) is 7.03. The number of hydrogen-bond donors (Lipinski definition) is 0. The van der Waals surface area contributed by atoms with Gasteiger partial charge in [0, 0.05) is 0 Å². The summed E-state index contributed by atoms with van der Waals surface area (Å²) in [5.41, 5.74) is 0. The summed E-state index contributed by atoms with van der Waals surface area (Å²) in [5, 5.41) is 0. The molecule has 1 aliphatic heterocycles. The van der Waals surface area contributed by atoms with E-state index in [1.54, 1.807) is 0 Å². The Kier molecular flexibility index (Phi) is 5.27. The first-order chi connectivity index (χ1) is 7.03. The monoisotopic (exact) mass is 236 g/mol. The van der Waals surface area contributed by atoms with Gasteiger partial charge < -0.3 is 0 Å². The van der Waals surface area contributed by atoms with E-state index < -0.39 is 7.82 Å². The topological polar surface area (TPSA) is 44.8 Å². The molecule has 1 fully saturated rings. The fraction of sp³-hybridized carbons (Fsp3) is 1.00. The molecule has 5 heteroatoms. The molecule has 90 valence electrons. The van der Waals surface area contributed by atoms with E-state index in [2.05, 4.69) is 20.8 Å². The normalized spacial score (nSPS) is 22.9. The summed E-state index contributed by atoms with van der Waals surface area (Å²) in [7, 11) is -3.20. The van der Waals surface area contributed by atoms with Gasteiger partial charge in [0.15, 0.2) is 0 Å². The second-order valence-electron chi connectivity index (χ2n) is 4.31. The molecular formula is C10H21O4P. The Morgan fingerprint density at radius 2 is 1.87 bits per heavy atom. The molecule has 1 heterocycles. The van der Waals surface area contributed by atoms with Crippen molar-refractivity contribution < 1.29 is 18.1 Å². The zero-order valence-electron chi connectivity index (χ0n) is 9.77. The van der Waals surface area contributed by atoms with Gasteiger partial charge in [-0.25, -0.2) is 4.57 Å². The summed E-state index contributed by atoms with van der Waals surface area (Å²) in [6.07, 6.45) is 1.67. The van der Waals surface area contributed by atoms with E-state index in [0.29, 0.717) is 31.7 Å². The van der Waals surface area contributed by atoms with Gasteiger partial charge in [0.25, 0.3) is 0 Å². The molecule has 0 aromatic rings. The maximum Gasteiger partial charge on any atom is 0.474 e. The van der Waals surface area contributed by atoms with Crippen molar-refractivity contribution in [2.75, 3.05) is 19.8 Å². The highest BCUT2D eigenvalue weighted by molar-refractivity contribution is 7.48. The molecule has 1 atom stereocenters. The molecule has 0 aromatic heterocycles. The Hall–Kier alpha value is 0.110. The smallest absolute Gasteiger partial charge is 0.287 e. The molecule has 0 radical (unpaired) electrons. The minimum atomic E-state index is -3.20. The zero-order chi connectivity index (χ0) is 11.3. The standard InChI is InChI=1S/C10H21O4P/c1-9(2)10(3)5-8-14-15(11)12-6-4-7-13-15/h9-10H,4-8H2,1-3H3. The van der Waals surface area contributed by atoms with Crippen LogP contribution in [0.3, 0.4) is 0 Å². The first-order valence-electron chi connectivity index (χ1n) is 5.57. The van der Waals surface area contributed by atoms with Gasteiger partial charge in [0.05, 0.1) is 19.8 Å². The molecule has 0 aliphatic carbocycles. The van der Waals surface area contributed by atoms with Crippen LogP contribution in [0, 0.1) is 11.8 Å². The van der Waals surface area contributed by atoms with Crippen molar-refractivity contribution in [2.45, 2.75) is 33.6 Å². The predicted molar refractivity (Wildman–Crippen MR) is 58.7 cm³/mol. The maximum absolute atomic E-state index is 11.7. The average Bonchev–Trinajstić information content (AvgIpc) is 2.18. The summed E-state index contributed by atoms with van der Waals surface area (Å²) in [6.45, 7) is 7.87. The molecule has 0 spiro atoms. The minimum absolute atomic E-state index is 0.441. The number of phosphoric ester groups is 1. The maximum atomic E-state index is 11.7. The zero-order valence-corrected chi connectivity index (χ0v) is 10.7. The van der Waals surface area contributed by atoms with Crippen LogP contribution in [0.4, 0.5) is 0 Å². The number of rotatable bonds is 5. The first kappa shape index (κ1) is 13.2. The van der Waals surface area contributed by atoms with Crippen molar-refractivity contribution in [1.82, 2.24) is 0 Å². The molecule has 4 nitrogen and oxygen atoms in total. The molecule has 1 saturated heterocycles. The van der Waals surface area contributed by atoms with Crippen LogP contribution >= 0.6 is 7.82 Å².